The SMILES string of the molecule is [O]=[Ce].[S]=[Co]. The van der Waals surface area contributed by atoms with Crippen molar-refractivity contribution in [3.05, 3.63) is 0 Å². The van der Waals surface area contributed by atoms with Crippen LogP contribution in [0.15, 0.2) is 0 Å². The molecule has 0 saturated carbocycles. The molecule has 0 unspecified atom stereocenters. The van der Waals surface area contributed by atoms with E-state index in [9.17, 15) is 0 Å². The summed E-state index contributed by atoms with van der Waals surface area (Å²) in [5.41, 5.74) is 0. The fourth-order valence-corrected chi connectivity index (χ4v) is 0. The molecule has 0 radical (unpaired) electrons. The van der Waals surface area contributed by atoms with Crippen molar-refractivity contribution in [1.29, 1.82) is 0 Å². The van der Waals surface area contributed by atoms with Gasteiger partial charge >= 0.3 is 65.4 Å². The molecule has 0 amide bonds. The van der Waals surface area contributed by atoms with E-state index in [1.165, 1.54) is 0 Å². The summed E-state index contributed by atoms with van der Waals surface area (Å²) in [7, 11) is 3.77. The van der Waals surface area contributed by atoms with Crippen molar-refractivity contribution in [2.24, 2.45) is 0 Å². The Bertz CT molecular complexity index is 10.0. The Kier molecular flexibility index (Phi) is 48.0. The molecule has 0 aliphatic heterocycles. The van der Waals surface area contributed by atoms with Gasteiger partial charge in [0, 0.05) is 0 Å². The molecule has 4 heavy (non-hydrogen) atoms. The van der Waals surface area contributed by atoms with Crippen molar-refractivity contribution in [3.63, 3.8) is 0 Å². The van der Waals surface area contributed by atoms with Gasteiger partial charge in [0.2, 0.25) is 0 Å². The molecule has 0 fully saturated rings. The van der Waals surface area contributed by atoms with Gasteiger partial charge in [-0.15, -0.1) is 0 Å². The standard InChI is InChI=1S/Ce.Co.O.S. The molecule has 0 rings (SSSR count). The fourth-order valence-electron chi connectivity index (χ4n) is 0. The molecule has 0 bridgehead atoms. The van der Waals surface area contributed by atoms with Gasteiger partial charge in [-0.2, -0.15) is 0 Å². The average molecular weight is 247 g/mol. The Hall–Kier alpha value is 1.90. The first-order valence-electron chi connectivity index (χ1n) is 0.340. The van der Waals surface area contributed by atoms with Crippen molar-refractivity contribution in [1.82, 2.24) is 0 Å². The monoisotopic (exact) mass is 247 g/mol. The second kappa shape index (κ2) is 20.6. The molecule has 0 spiro atoms. The van der Waals surface area contributed by atoms with Gasteiger partial charge in [-0.3, -0.25) is 0 Å². The molecule has 0 aromatic carbocycles. The molecule has 0 atom stereocenters. The Morgan fingerprint density at radius 3 is 1.50 bits per heavy atom. The van der Waals surface area contributed by atoms with Crippen LogP contribution in [0.2, 0.25) is 0 Å². The van der Waals surface area contributed by atoms with Crippen LogP contribution in [0.3, 0.4) is 0 Å². The molecule has 0 aliphatic carbocycles. The quantitative estimate of drug-likeness (QED) is 0.621. The van der Waals surface area contributed by atoms with E-state index >= 15 is 0 Å². The van der Waals surface area contributed by atoms with Crippen LogP contribution in [0.1, 0.15) is 0 Å². The van der Waals surface area contributed by atoms with Crippen LogP contribution < -0.4 is 0 Å². The summed E-state index contributed by atoms with van der Waals surface area (Å²) < 4.78 is 8.39. The first-order valence-corrected chi connectivity index (χ1v) is 3.17. The summed E-state index contributed by atoms with van der Waals surface area (Å²) in [5.74, 6) is 0. The van der Waals surface area contributed by atoms with E-state index in [-0.39, 0.29) is 39.8 Å². The third-order valence-electron chi connectivity index (χ3n) is 0. The van der Waals surface area contributed by atoms with E-state index in [4.69, 9.17) is 0.938 Å². The van der Waals surface area contributed by atoms with Crippen molar-refractivity contribution < 1.29 is 54.8 Å². The zero-order valence-electron chi connectivity index (χ0n) is 1.65. The minimum atomic E-state index is 0.0556. The number of hydrogen-bond donors (Lipinski definition) is 0. The second-order valence-electron chi connectivity index (χ2n) is 0. The van der Waals surface area contributed by atoms with Crippen molar-refractivity contribution in [2.45, 2.75) is 0 Å². The molecular weight excluding hydrogens is 247 g/mol. The van der Waals surface area contributed by atoms with Crippen LogP contribution >= 0.6 is 10.6 Å². The first-order chi connectivity index (χ1) is 2.00. The van der Waals surface area contributed by atoms with Crippen LogP contribution in [-0.2, 0) is 15.1 Å². The van der Waals surface area contributed by atoms with Crippen molar-refractivity contribution in [2.75, 3.05) is 0 Å². The van der Waals surface area contributed by atoms with Gasteiger partial charge in [-0.1, -0.05) is 0 Å². The van der Waals surface area contributed by atoms with Gasteiger partial charge in [-0.05, 0) is 0 Å². The Balaban J connectivity index is 0. The molecule has 0 aliphatic rings. The Labute approximate surface area is 64.2 Å². The molecular formula is CeCoOS. The normalized spacial score (nSPS) is 2.00. The number of hydrogen-bond acceptors (Lipinski definition) is 2. The molecule has 0 saturated heterocycles. The topological polar surface area (TPSA) is 17.1 Å². The average Bonchev–Trinajstić information content (AvgIpc) is 1.50. The summed E-state index contributed by atoms with van der Waals surface area (Å²) in [4.78, 5) is 0. The molecule has 0 heterocycles. The summed E-state index contributed by atoms with van der Waals surface area (Å²) in [6.07, 6.45) is 0. The number of rotatable bonds is 0. The van der Waals surface area contributed by atoms with Crippen LogP contribution in [-0.4, -0.2) is 0 Å². The minimum absolute atomic E-state index is 0.0556. The third kappa shape index (κ3) is 9.08. The van der Waals surface area contributed by atoms with E-state index in [1.54, 1.807) is 0 Å². The van der Waals surface area contributed by atoms with E-state index in [1.807, 2.05) is 0 Å². The molecule has 0 aromatic heterocycles. The Morgan fingerprint density at radius 2 is 1.50 bits per heavy atom. The van der Waals surface area contributed by atoms with Gasteiger partial charge in [-0.25, -0.2) is 0 Å². The maximum atomic E-state index is 8.39. The van der Waals surface area contributed by atoms with Gasteiger partial charge in [0.15, 0.2) is 0 Å². The predicted molar refractivity (Wildman–Crippen MR) is 8.28 cm³/mol. The van der Waals surface area contributed by atoms with Crippen LogP contribution in [0, 0.1) is 39.8 Å². The maximum absolute atomic E-state index is 8.39. The van der Waals surface area contributed by atoms with Crippen LogP contribution in [0.25, 0.3) is 0 Å². The summed E-state index contributed by atoms with van der Waals surface area (Å²) in [6.45, 7) is 0. The first kappa shape index (κ1) is 9.32. The molecule has 4 heteroatoms. The van der Waals surface area contributed by atoms with E-state index in [2.05, 4.69) is 24.7 Å². The van der Waals surface area contributed by atoms with Gasteiger partial charge in [0.1, 0.15) is 0 Å². The molecule has 0 N–H and O–H groups in total. The van der Waals surface area contributed by atoms with E-state index in [0.29, 0.717) is 0 Å². The molecule has 1 nitrogen and oxygen atoms in total. The summed E-state index contributed by atoms with van der Waals surface area (Å²) in [5, 5.41) is 0. The Morgan fingerprint density at radius 1 is 1.50 bits per heavy atom. The van der Waals surface area contributed by atoms with E-state index < -0.39 is 0 Å². The van der Waals surface area contributed by atoms with Crippen molar-refractivity contribution in [3.8, 4) is 0 Å². The van der Waals surface area contributed by atoms with Crippen LogP contribution in [0.4, 0.5) is 0 Å². The van der Waals surface area contributed by atoms with Crippen LogP contribution in [0.5, 0.6) is 0 Å². The van der Waals surface area contributed by atoms with Crippen molar-refractivity contribution >= 4 is 10.6 Å². The molecule has 0 aromatic rings. The third-order valence-corrected chi connectivity index (χ3v) is 0. The molecule has 25 valence electrons. The van der Waals surface area contributed by atoms with Gasteiger partial charge < -0.3 is 0 Å². The fraction of sp³-hybridized carbons (Fsp3) is 0. The van der Waals surface area contributed by atoms with E-state index in [0.717, 1.165) is 0 Å². The summed E-state index contributed by atoms with van der Waals surface area (Å²) >= 11 is 3.20. The van der Waals surface area contributed by atoms with Gasteiger partial charge in [0.05, 0.1) is 0 Å². The predicted octanol–water partition coefficient (Wildman–Crippen LogP) is 0.527. The summed E-state index contributed by atoms with van der Waals surface area (Å²) in [6, 6.07) is 0. The zero-order chi connectivity index (χ0) is 4.00. The zero-order valence-corrected chi connectivity index (χ0v) is 6.65. The van der Waals surface area contributed by atoms with Gasteiger partial charge in [0.25, 0.3) is 0 Å². The second-order valence-corrected chi connectivity index (χ2v) is 0.